The van der Waals surface area contributed by atoms with Crippen LogP contribution in [0.15, 0.2) is 28.7 Å². The van der Waals surface area contributed by atoms with Gasteiger partial charge in [0, 0.05) is 10.5 Å². The third-order valence-electron chi connectivity index (χ3n) is 3.00. The number of nitrogens with zero attached hydrogens (tertiary/aromatic N) is 1. The van der Waals surface area contributed by atoms with Crippen molar-refractivity contribution in [3.8, 4) is 11.5 Å². The fourth-order valence-electron chi connectivity index (χ4n) is 1.90. The molecule has 0 amide bonds. The molecule has 106 valence electrons. The number of aryl methyl sites for hydroxylation is 2. The van der Waals surface area contributed by atoms with Crippen LogP contribution in [0.4, 0.5) is 11.5 Å². The molecule has 1 aromatic carbocycles. The van der Waals surface area contributed by atoms with E-state index in [1.807, 2.05) is 38.1 Å². The lowest BCUT2D eigenvalue weighted by molar-refractivity contribution is 0.395. The number of aromatic nitrogens is 1. The number of nitrogens with one attached hydrogen (secondary N) is 1. The van der Waals surface area contributed by atoms with Gasteiger partial charge in [-0.2, -0.15) is 0 Å². The Bertz CT molecular complexity index is 630. The first-order valence-electron chi connectivity index (χ1n) is 6.18. The van der Waals surface area contributed by atoms with Crippen LogP contribution in [0.3, 0.4) is 0 Å². The summed E-state index contributed by atoms with van der Waals surface area (Å²) in [5.41, 5.74) is 2.85. The molecule has 0 aliphatic rings. The van der Waals surface area contributed by atoms with Gasteiger partial charge in [0.1, 0.15) is 17.3 Å². The normalized spacial score (nSPS) is 10.2. The average molecular weight is 337 g/mol. The van der Waals surface area contributed by atoms with E-state index in [1.165, 1.54) is 0 Å². The minimum atomic E-state index is 0.726. The van der Waals surface area contributed by atoms with Gasteiger partial charge in [-0.05, 0) is 53.5 Å². The van der Waals surface area contributed by atoms with Crippen LogP contribution in [0.1, 0.15) is 11.3 Å². The van der Waals surface area contributed by atoms with Crippen molar-refractivity contribution in [2.45, 2.75) is 13.8 Å². The Morgan fingerprint density at radius 1 is 1.10 bits per heavy atom. The fraction of sp³-hybridized carbons (Fsp3) is 0.267. The van der Waals surface area contributed by atoms with Gasteiger partial charge in [0.15, 0.2) is 0 Å². The van der Waals surface area contributed by atoms with E-state index in [9.17, 15) is 0 Å². The summed E-state index contributed by atoms with van der Waals surface area (Å²) in [6.45, 7) is 3.95. The number of methoxy groups -OCH3 is 2. The molecule has 5 heteroatoms. The van der Waals surface area contributed by atoms with Crippen molar-refractivity contribution < 1.29 is 9.47 Å². The Balaban J connectivity index is 2.39. The van der Waals surface area contributed by atoms with Crippen LogP contribution >= 0.6 is 15.9 Å². The predicted molar refractivity (Wildman–Crippen MR) is 84.2 cm³/mol. The summed E-state index contributed by atoms with van der Waals surface area (Å²) in [4.78, 5) is 4.48. The molecule has 0 unspecified atom stereocenters. The van der Waals surface area contributed by atoms with Gasteiger partial charge in [-0.3, -0.25) is 0 Å². The van der Waals surface area contributed by atoms with E-state index in [-0.39, 0.29) is 0 Å². The van der Waals surface area contributed by atoms with Crippen molar-refractivity contribution in [1.82, 2.24) is 4.98 Å². The van der Waals surface area contributed by atoms with Crippen LogP contribution in [0.5, 0.6) is 11.5 Å². The second kappa shape index (κ2) is 6.13. The van der Waals surface area contributed by atoms with E-state index in [4.69, 9.17) is 9.47 Å². The molecule has 1 aromatic heterocycles. The molecule has 2 aromatic rings. The minimum Gasteiger partial charge on any atom is -0.497 e. The molecule has 0 aliphatic heterocycles. The zero-order valence-electron chi connectivity index (χ0n) is 12.0. The zero-order chi connectivity index (χ0) is 14.7. The Labute approximate surface area is 127 Å². The van der Waals surface area contributed by atoms with E-state index in [0.717, 1.165) is 38.7 Å². The zero-order valence-corrected chi connectivity index (χ0v) is 13.5. The molecular formula is C15H17BrN2O2. The highest BCUT2D eigenvalue weighted by molar-refractivity contribution is 9.10. The fourth-order valence-corrected chi connectivity index (χ4v) is 2.12. The Hall–Kier alpha value is -1.75. The average Bonchev–Trinajstić information content (AvgIpc) is 2.44. The third kappa shape index (κ3) is 3.04. The molecule has 0 saturated carbocycles. The number of anilines is 2. The van der Waals surface area contributed by atoms with Crippen LogP contribution in [-0.2, 0) is 0 Å². The molecule has 1 N–H and O–H groups in total. The molecule has 4 nitrogen and oxygen atoms in total. The maximum absolute atomic E-state index is 5.42. The largest absolute Gasteiger partial charge is 0.497 e. The quantitative estimate of drug-likeness (QED) is 0.907. The number of rotatable bonds is 4. The lowest BCUT2D eigenvalue weighted by atomic mass is 10.1. The first kappa shape index (κ1) is 14.7. The summed E-state index contributed by atoms with van der Waals surface area (Å²) in [6.07, 6.45) is 0. The van der Waals surface area contributed by atoms with E-state index in [1.54, 1.807) is 14.2 Å². The van der Waals surface area contributed by atoms with Crippen LogP contribution in [0.25, 0.3) is 0 Å². The predicted octanol–water partition coefficient (Wildman–Crippen LogP) is 4.22. The van der Waals surface area contributed by atoms with Crippen molar-refractivity contribution >= 4 is 27.4 Å². The molecule has 20 heavy (non-hydrogen) atoms. The highest BCUT2D eigenvalue weighted by atomic mass is 79.9. The molecule has 2 rings (SSSR count). The molecule has 0 saturated heterocycles. The maximum atomic E-state index is 5.42. The number of hydrogen-bond acceptors (Lipinski definition) is 4. The molecule has 0 aliphatic carbocycles. The molecule has 0 atom stereocenters. The van der Waals surface area contributed by atoms with Crippen molar-refractivity contribution in [1.29, 1.82) is 0 Å². The molecule has 0 fully saturated rings. The van der Waals surface area contributed by atoms with Crippen molar-refractivity contribution in [3.63, 3.8) is 0 Å². The van der Waals surface area contributed by atoms with Gasteiger partial charge < -0.3 is 14.8 Å². The van der Waals surface area contributed by atoms with Gasteiger partial charge in [0.25, 0.3) is 0 Å². The SMILES string of the molecule is COc1cc(C)c(Nc2ccc(Br)c(C)n2)c(OC)c1. The van der Waals surface area contributed by atoms with Crippen LogP contribution in [-0.4, -0.2) is 19.2 Å². The van der Waals surface area contributed by atoms with Crippen LogP contribution < -0.4 is 14.8 Å². The first-order valence-corrected chi connectivity index (χ1v) is 6.97. The lowest BCUT2D eigenvalue weighted by Gasteiger charge is -2.15. The van der Waals surface area contributed by atoms with E-state index >= 15 is 0 Å². The second-order valence-electron chi connectivity index (χ2n) is 4.41. The molecule has 0 bridgehead atoms. The molecular weight excluding hydrogens is 320 g/mol. The third-order valence-corrected chi connectivity index (χ3v) is 3.84. The second-order valence-corrected chi connectivity index (χ2v) is 5.26. The summed E-state index contributed by atoms with van der Waals surface area (Å²) in [5, 5.41) is 3.30. The van der Waals surface area contributed by atoms with Gasteiger partial charge in [0.2, 0.25) is 0 Å². The lowest BCUT2D eigenvalue weighted by Crippen LogP contribution is -2.00. The highest BCUT2D eigenvalue weighted by Gasteiger charge is 2.10. The number of hydrogen-bond donors (Lipinski definition) is 1. The molecule has 0 spiro atoms. The van der Waals surface area contributed by atoms with Crippen LogP contribution in [0.2, 0.25) is 0 Å². The first-order chi connectivity index (χ1) is 9.55. The summed E-state index contributed by atoms with van der Waals surface area (Å²) in [6, 6.07) is 7.69. The number of benzene rings is 1. The Kier molecular flexibility index (Phi) is 4.49. The summed E-state index contributed by atoms with van der Waals surface area (Å²) in [7, 11) is 3.28. The van der Waals surface area contributed by atoms with Gasteiger partial charge >= 0.3 is 0 Å². The smallest absolute Gasteiger partial charge is 0.146 e. The summed E-state index contributed by atoms with van der Waals surface area (Å²) < 4.78 is 11.7. The monoisotopic (exact) mass is 336 g/mol. The van der Waals surface area contributed by atoms with Crippen molar-refractivity contribution in [3.05, 3.63) is 40.0 Å². The van der Waals surface area contributed by atoms with Crippen molar-refractivity contribution in [2.75, 3.05) is 19.5 Å². The minimum absolute atomic E-state index is 0.726. The van der Waals surface area contributed by atoms with Gasteiger partial charge in [-0.1, -0.05) is 0 Å². The van der Waals surface area contributed by atoms with Gasteiger partial charge in [0.05, 0.1) is 25.6 Å². The standard InChI is InChI=1S/C15H17BrN2O2/c1-9-7-11(19-3)8-13(20-4)15(9)18-14-6-5-12(16)10(2)17-14/h5-8H,1-4H3,(H,17,18). The Morgan fingerprint density at radius 3 is 2.45 bits per heavy atom. The Morgan fingerprint density at radius 2 is 1.85 bits per heavy atom. The molecule has 1 heterocycles. The van der Waals surface area contributed by atoms with Gasteiger partial charge in [-0.25, -0.2) is 4.98 Å². The van der Waals surface area contributed by atoms with Crippen LogP contribution in [0, 0.1) is 13.8 Å². The van der Waals surface area contributed by atoms with Crippen molar-refractivity contribution in [2.24, 2.45) is 0 Å². The molecule has 0 radical (unpaired) electrons. The van der Waals surface area contributed by atoms with E-state index in [2.05, 4.69) is 26.2 Å². The maximum Gasteiger partial charge on any atom is 0.146 e. The summed E-state index contributed by atoms with van der Waals surface area (Å²) in [5.74, 6) is 2.27. The van der Waals surface area contributed by atoms with Gasteiger partial charge in [-0.15, -0.1) is 0 Å². The topological polar surface area (TPSA) is 43.4 Å². The summed E-state index contributed by atoms with van der Waals surface area (Å²) >= 11 is 3.44. The number of pyridine rings is 1. The van der Waals surface area contributed by atoms with E-state index in [0.29, 0.717) is 0 Å². The van der Waals surface area contributed by atoms with E-state index < -0.39 is 0 Å². The highest BCUT2D eigenvalue weighted by Crippen LogP contribution is 2.35. The number of ether oxygens (including phenoxy) is 2. The number of halogens is 1.